The lowest BCUT2D eigenvalue weighted by Crippen LogP contribution is -2.34. The minimum absolute atomic E-state index is 0.0411. The highest BCUT2D eigenvalue weighted by molar-refractivity contribution is 6.30. The van der Waals surface area contributed by atoms with Gasteiger partial charge in [-0.05, 0) is 75.1 Å². The van der Waals surface area contributed by atoms with Crippen LogP contribution in [0.15, 0.2) is 24.5 Å². The molecule has 1 saturated heterocycles. The Hall–Kier alpha value is -2.22. The molecule has 33 heavy (non-hydrogen) atoms. The number of benzene rings is 1. The number of halogens is 1. The van der Waals surface area contributed by atoms with E-state index in [9.17, 15) is 9.90 Å². The third-order valence-corrected chi connectivity index (χ3v) is 6.49. The fourth-order valence-corrected chi connectivity index (χ4v) is 4.54. The number of hydrogen-bond donors (Lipinski definition) is 2. The molecule has 180 valence electrons. The molecule has 1 fully saturated rings. The second-order valence-electron chi connectivity index (χ2n) is 8.91. The number of aryl methyl sites for hydroxylation is 2. The van der Waals surface area contributed by atoms with Crippen LogP contribution >= 0.6 is 11.6 Å². The highest BCUT2D eigenvalue weighted by Gasteiger charge is 2.21. The minimum atomic E-state index is -0.629. The normalized spacial score (nSPS) is 15.5. The first-order chi connectivity index (χ1) is 15.9. The Labute approximate surface area is 201 Å². The predicted octanol–water partition coefficient (Wildman–Crippen LogP) is 4.10. The van der Waals surface area contributed by atoms with E-state index in [1.54, 1.807) is 12.4 Å². The number of rotatable bonds is 11. The molecular weight excluding hydrogens is 440 g/mol. The molecule has 0 spiro atoms. The molecule has 0 amide bonds. The molecule has 0 unspecified atom stereocenters. The van der Waals surface area contributed by atoms with E-state index in [1.807, 2.05) is 26.0 Å². The Morgan fingerprint density at radius 2 is 1.88 bits per heavy atom. The van der Waals surface area contributed by atoms with Gasteiger partial charge in [0.05, 0.1) is 30.1 Å². The molecule has 7 nitrogen and oxygen atoms in total. The molecule has 3 rings (SSSR count). The second-order valence-corrected chi connectivity index (χ2v) is 9.34. The second kappa shape index (κ2) is 12.3. The number of ketones is 1. The van der Waals surface area contributed by atoms with E-state index in [4.69, 9.17) is 22.1 Å². The number of aromatic nitrogens is 2. The van der Waals surface area contributed by atoms with E-state index >= 15 is 0 Å². The van der Waals surface area contributed by atoms with Crippen LogP contribution in [0.25, 0.3) is 0 Å². The number of ether oxygens (including phenoxy) is 1. The van der Waals surface area contributed by atoms with Crippen molar-refractivity contribution in [2.24, 2.45) is 11.7 Å². The number of anilines is 1. The zero-order chi connectivity index (χ0) is 23.8. The number of carbonyl (C=O) groups is 1. The largest absolute Gasteiger partial charge is 0.494 e. The maximum atomic E-state index is 12.6. The molecule has 0 aliphatic carbocycles. The molecule has 0 radical (unpaired) electrons. The molecule has 1 aliphatic heterocycles. The molecule has 2 heterocycles. The Kier molecular flexibility index (Phi) is 9.47. The zero-order valence-electron chi connectivity index (χ0n) is 19.6. The summed E-state index contributed by atoms with van der Waals surface area (Å²) in [4.78, 5) is 23.4. The molecule has 1 aromatic carbocycles. The molecule has 1 aliphatic rings. The summed E-state index contributed by atoms with van der Waals surface area (Å²) >= 11 is 5.87. The number of aliphatic hydroxyl groups is 1. The van der Waals surface area contributed by atoms with E-state index in [0.29, 0.717) is 30.4 Å². The Balaban J connectivity index is 1.41. The van der Waals surface area contributed by atoms with Crippen molar-refractivity contribution < 1.29 is 14.6 Å². The molecule has 2 aromatic rings. The smallest absolute Gasteiger partial charge is 0.225 e. The van der Waals surface area contributed by atoms with Crippen LogP contribution in [0.2, 0.25) is 5.02 Å². The molecule has 3 N–H and O–H groups in total. The van der Waals surface area contributed by atoms with E-state index in [1.165, 1.54) is 0 Å². The maximum absolute atomic E-state index is 12.6. The summed E-state index contributed by atoms with van der Waals surface area (Å²) in [5, 5.41) is 10.2. The van der Waals surface area contributed by atoms with Crippen molar-refractivity contribution in [1.29, 1.82) is 0 Å². The van der Waals surface area contributed by atoms with Crippen molar-refractivity contribution in [2.45, 2.75) is 58.5 Å². The van der Waals surface area contributed by atoms with E-state index in [-0.39, 0.29) is 12.3 Å². The fourth-order valence-electron chi connectivity index (χ4n) is 4.44. The SMILES string of the molecule is Cc1cc(OCCCC2CCN(c3ncc(Cl)cn3)CC2)cc(C)c1C(=O)CC[C@@H](O)CN. The first-order valence-corrected chi connectivity index (χ1v) is 12.1. The van der Waals surface area contributed by atoms with Crippen LogP contribution in [0.3, 0.4) is 0 Å². The van der Waals surface area contributed by atoms with Gasteiger partial charge in [0.2, 0.25) is 5.95 Å². The van der Waals surface area contributed by atoms with E-state index < -0.39 is 6.10 Å². The van der Waals surface area contributed by atoms with Gasteiger partial charge in [-0.1, -0.05) is 11.6 Å². The molecular formula is C25H35ClN4O3. The lowest BCUT2D eigenvalue weighted by Gasteiger charge is -2.32. The first kappa shape index (κ1) is 25.4. The summed E-state index contributed by atoms with van der Waals surface area (Å²) in [7, 11) is 0. The standard InChI is InChI=1S/C25H35ClN4O3/c1-17-12-22(13-18(2)24(17)23(32)6-5-21(31)14-27)33-11-3-4-19-7-9-30(10-8-19)25-28-15-20(26)16-29-25/h12-13,15-16,19,21,31H,3-11,14,27H2,1-2H3/t21-/m1/s1. The number of nitrogens with two attached hydrogens (primary N) is 1. The zero-order valence-corrected chi connectivity index (χ0v) is 20.4. The van der Waals surface area contributed by atoms with Crippen LogP contribution in [-0.2, 0) is 0 Å². The van der Waals surface area contributed by atoms with Crippen LogP contribution in [-0.4, -0.2) is 53.2 Å². The monoisotopic (exact) mass is 474 g/mol. The van der Waals surface area contributed by atoms with Crippen LogP contribution in [0.1, 0.15) is 60.0 Å². The average molecular weight is 475 g/mol. The van der Waals surface area contributed by atoms with Crippen LogP contribution in [0, 0.1) is 19.8 Å². The minimum Gasteiger partial charge on any atom is -0.494 e. The molecule has 8 heteroatoms. The summed E-state index contributed by atoms with van der Waals surface area (Å²) < 4.78 is 6.00. The Bertz CT molecular complexity index is 891. The number of hydrogen-bond acceptors (Lipinski definition) is 7. The van der Waals surface area contributed by atoms with Crippen LogP contribution < -0.4 is 15.4 Å². The lowest BCUT2D eigenvalue weighted by molar-refractivity contribution is 0.0943. The first-order valence-electron chi connectivity index (χ1n) is 11.7. The third kappa shape index (κ3) is 7.39. The number of carbonyl (C=O) groups excluding carboxylic acids is 1. The summed E-state index contributed by atoms with van der Waals surface area (Å²) in [5.74, 6) is 2.28. The summed E-state index contributed by atoms with van der Waals surface area (Å²) in [6, 6.07) is 3.87. The Morgan fingerprint density at radius 3 is 2.48 bits per heavy atom. The van der Waals surface area contributed by atoms with Gasteiger partial charge in [-0.3, -0.25) is 4.79 Å². The van der Waals surface area contributed by atoms with Gasteiger partial charge in [0.25, 0.3) is 0 Å². The van der Waals surface area contributed by atoms with Crippen molar-refractivity contribution in [3.05, 3.63) is 46.2 Å². The highest BCUT2D eigenvalue weighted by atomic mass is 35.5. The number of aliphatic hydroxyl groups excluding tert-OH is 1. The molecule has 0 bridgehead atoms. The number of Topliss-reactive ketones (excluding diaryl/α,β-unsaturated/α-hetero) is 1. The van der Waals surface area contributed by atoms with Gasteiger partial charge in [0.15, 0.2) is 5.78 Å². The van der Waals surface area contributed by atoms with Crippen LogP contribution in [0.5, 0.6) is 5.75 Å². The molecule has 0 saturated carbocycles. The maximum Gasteiger partial charge on any atom is 0.225 e. The van der Waals surface area contributed by atoms with E-state index in [2.05, 4.69) is 14.9 Å². The topological polar surface area (TPSA) is 102 Å². The number of piperidine rings is 1. The van der Waals surface area contributed by atoms with E-state index in [0.717, 1.165) is 67.2 Å². The summed E-state index contributed by atoms with van der Waals surface area (Å²) in [6.45, 7) is 6.63. The average Bonchev–Trinajstić information content (AvgIpc) is 2.81. The van der Waals surface area contributed by atoms with Crippen molar-refractivity contribution in [2.75, 3.05) is 31.1 Å². The van der Waals surface area contributed by atoms with Crippen molar-refractivity contribution >= 4 is 23.3 Å². The van der Waals surface area contributed by atoms with Crippen molar-refractivity contribution in [3.63, 3.8) is 0 Å². The van der Waals surface area contributed by atoms with Gasteiger partial charge >= 0.3 is 0 Å². The van der Waals surface area contributed by atoms with Gasteiger partial charge in [-0.25, -0.2) is 9.97 Å². The number of nitrogens with zero attached hydrogens (tertiary/aromatic N) is 3. The van der Waals surface area contributed by atoms with Crippen molar-refractivity contribution in [3.8, 4) is 5.75 Å². The van der Waals surface area contributed by atoms with Gasteiger partial charge in [-0.2, -0.15) is 0 Å². The third-order valence-electron chi connectivity index (χ3n) is 6.29. The fraction of sp³-hybridized carbons (Fsp3) is 0.560. The van der Waals surface area contributed by atoms with Crippen molar-refractivity contribution in [1.82, 2.24) is 9.97 Å². The lowest BCUT2D eigenvalue weighted by atomic mass is 9.92. The molecule has 1 atom stereocenters. The van der Waals surface area contributed by atoms with Gasteiger partial charge in [0, 0.05) is 31.6 Å². The van der Waals surface area contributed by atoms with Crippen LogP contribution in [0.4, 0.5) is 5.95 Å². The molecule has 1 aromatic heterocycles. The highest BCUT2D eigenvalue weighted by Crippen LogP contribution is 2.26. The Morgan fingerprint density at radius 1 is 1.24 bits per heavy atom. The van der Waals surface area contributed by atoms with Gasteiger partial charge < -0.3 is 20.5 Å². The summed E-state index contributed by atoms with van der Waals surface area (Å²) in [5.41, 5.74) is 7.98. The predicted molar refractivity (Wildman–Crippen MR) is 131 cm³/mol. The van der Waals surface area contributed by atoms with Gasteiger partial charge in [-0.15, -0.1) is 0 Å². The summed E-state index contributed by atoms with van der Waals surface area (Å²) in [6.07, 6.45) is 7.72. The quantitative estimate of drug-likeness (QED) is 0.373. The van der Waals surface area contributed by atoms with Gasteiger partial charge in [0.1, 0.15) is 5.75 Å².